The van der Waals surface area contributed by atoms with Gasteiger partial charge in [-0.1, -0.05) is 0 Å². The van der Waals surface area contributed by atoms with E-state index in [9.17, 15) is 18.0 Å². The standard InChI is InChI=1S/C11H11F3O3/c1-6-5-8(10(15)16)3-4-9(6)17-7(2)11(12,13)14/h3-5,7H,1-2H3,(H,15,16). The van der Waals surface area contributed by atoms with Crippen molar-refractivity contribution in [2.75, 3.05) is 0 Å². The van der Waals surface area contributed by atoms with E-state index in [1.165, 1.54) is 25.1 Å². The van der Waals surface area contributed by atoms with Crippen LogP contribution in [-0.2, 0) is 0 Å². The van der Waals surface area contributed by atoms with E-state index >= 15 is 0 Å². The van der Waals surface area contributed by atoms with Crippen LogP contribution >= 0.6 is 0 Å². The molecule has 0 fully saturated rings. The Hall–Kier alpha value is -1.72. The molecule has 0 spiro atoms. The molecule has 0 aromatic heterocycles. The van der Waals surface area contributed by atoms with Crippen LogP contribution in [0.4, 0.5) is 13.2 Å². The van der Waals surface area contributed by atoms with Gasteiger partial charge in [-0.15, -0.1) is 0 Å². The van der Waals surface area contributed by atoms with Crippen LogP contribution in [0.3, 0.4) is 0 Å². The van der Waals surface area contributed by atoms with E-state index in [1.807, 2.05) is 0 Å². The number of aromatic carboxylic acids is 1. The second-order valence-corrected chi connectivity index (χ2v) is 3.59. The molecule has 0 saturated carbocycles. The van der Waals surface area contributed by atoms with Crippen LogP contribution in [0.2, 0.25) is 0 Å². The van der Waals surface area contributed by atoms with Gasteiger partial charge in [-0.25, -0.2) is 4.79 Å². The van der Waals surface area contributed by atoms with Gasteiger partial charge >= 0.3 is 12.1 Å². The Morgan fingerprint density at radius 2 is 2.00 bits per heavy atom. The average Bonchev–Trinajstić information content (AvgIpc) is 2.19. The van der Waals surface area contributed by atoms with Gasteiger partial charge in [0.25, 0.3) is 0 Å². The lowest BCUT2D eigenvalue weighted by atomic mass is 10.1. The summed E-state index contributed by atoms with van der Waals surface area (Å²) in [6.07, 6.45) is -6.38. The Morgan fingerprint density at radius 3 is 2.41 bits per heavy atom. The van der Waals surface area contributed by atoms with Crippen LogP contribution in [0, 0.1) is 6.92 Å². The normalized spacial score (nSPS) is 13.2. The monoisotopic (exact) mass is 248 g/mol. The molecular weight excluding hydrogens is 237 g/mol. The van der Waals surface area contributed by atoms with Gasteiger partial charge in [-0.05, 0) is 37.6 Å². The zero-order valence-electron chi connectivity index (χ0n) is 9.21. The van der Waals surface area contributed by atoms with E-state index in [1.54, 1.807) is 0 Å². The molecule has 3 nitrogen and oxygen atoms in total. The topological polar surface area (TPSA) is 46.5 Å². The van der Waals surface area contributed by atoms with E-state index in [4.69, 9.17) is 9.84 Å². The predicted octanol–water partition coefficient (Wildman–Crippen LogP) is 3.02. The quantitative estimate of drug-likeness (QED) is 0.894. The summed E-state index contributed by atoms with van der Waals surface area (Å²) in [5.74, 6) is -1.11. The van der Waals surface area contributed by atoms with E-state index in [0.29, 0.717) is 5.56 Å². The molecule has 1 rings (SSSR count). The average molecular weight is 248 g/mol. The van der Waals surface area contributed by atoms with Crippen molar-refractivity contribution in [3.05, 3.63) is 29.3 Å². The molecule has 1 aromatic carbocycles. The molecule has 1 atom stereocenters. The van der Waals surface area contributed by atoms with Gasteiger partial charge in [-0.2, -0.15) is 13.2 Å². The molecule has 0 bridgehead atoms. The number of rotatable bonds is 3. The number of carboxylic acids is 1. The number of carbonyl (C=O) groups is 1. The van der Waals surface area contributed by atoms with Gasteiger partial charge < -0.3 is 9.84 Å². The van der Waals surface area contributed by atoms with Crippen LogP contribution < -0.4 is 4.74 Å². The van der Waals surface area contributed by atoms with Crippen LogP contribution in [0.1, 0.15) is 22.8 Å². The van der Waals surface area contributed by atoms with Crippen molar-refractivity contribution in [1.29, 1.82) is 0 Å². The predicted molar refractivity (Wildman–Crippen MR) is 54.3 cm³/mol. The van der Waals surface area contributed by atoms with Crippen molar-refractivity contribution in [1.82, 2.24) is 0 Å². The number of aryl methyl sites for hydroxylation is 1. The minimum Gasteiger partial charge on any atom is -0.481 e. The van der Waals surface area contributed by atoms with Crippen LogP contribution in [-0.4, -0.2) is 23.4 Å². The summed E-state index contributed by atoms with van der Waals surface area (Å²) in [4.78, 5) is 10.6. The third kappa shape index (κ3) is 3.37. The van der Waals surface area contributed by atoms with Gasteiger partial charge in [-0.3, -0.25) is 0 Å². The van der Waals surface area contributed by atoms with Crippen LogP contribution in [0.25, 0.3) is 0 Å². The summed E-state index contributed by atoms with van der Waals surface area (Å²) in [7, 11) is 0. The fourth-order valence-electron chi connectivity index (χ4n) is 1.17. The smallest absolute Gasteiger partial charge is 0.425 e. The minimum absolute atomic E-state index is 0.00881. The third-order valence-corrected chi connectivity index (χ3v) is 2.19. The van der Waals surface area contributed by atoms with Gasteiger partial charge in [0.1, 0.15) is 5.75 Å². The first kappa shape index (κ1) is 13.3. The molecule has 0 amide bonds. The van der Waals surface area contributed by atoms with Crippen LogP contribution in [0.15, 0.2) is 18.2 Å². The molecule has 1 aromatic rings. The summed E-state index contributed by atoms with van der Waals surface area (Å²) in [5.41, 5.74) is 0.357. The number of alkyl halides is 3. The summed E-state index contributed by atoms with van der Waals surface area (Å²) < 4.78 is 41.5. The van der Waals surface area contributed by atoms with Crippen molar-refractivity contribution >= 4 is 5.97 Å². The molecule has 1 unspecified atom stereocenters. The van der Waals surface area contributed by atoms with Gasteiger partial charge in [0.2, 0.25) is 0 Å². The molecular formula is C11H11F3O3. The highest BCUT2D eigenvalue weighted by Gasteiger charge is 2.38. The Morgan fingerprint density at radius 1 is 1.41 bits per heavy atom. The molecule has 0 saturated heterocycles. The number of hydrogen-bond acceptors (Lipinski definition) is 2. The van der Waals surface area contributed by atoms with Gasteiger partial charge in [0.15, 0.2) is 6.10 Å². The molecule has 0 aliphatic heterocycles. The molecule has 0 radical (unpaired) electrons. The third-order valence-electron chi connectivity index (χ3n) is 2.19. The minimum atomic E-state index is -4.45. The second-order valence-electron chi connectivity index (χ2n) is 3.59. The summed E-state index contributed by atoms with van der Waals surface area (Å²) in [6, 6.07) is 3.69. The molecule has 0 aliphatic rings. The maximum atomic E-state index is 12.3. The largest absolute Gasteiger partial charge is 0.481 e. The lowest BCUT2D eigenvalue weighted by Crippen LogP contribution is -2.31. The zero-order valence-corrected chi connectivity index (χ0v) is 9.21. The van der Waals surface area contributed by atoms with E-state index in [-0.39, 0.29) is 11.3 Å². The van der Waals surface area contributed by atoms with Crippen molar-refractivity contribution in [2.24, 2.45) is 0 Å². The van der Waals surface area contributed by atoms with Gasteiger partial charge in [0, 0.05) is 0 Å². The van der Waals surface area contributed by atoms with Crippen LogP contribution in [0.5, 0.6) is 5.75 Å². The first-order valence-corrected chi connectivity index (χ1v) is 4.79. The lowest BCUT2D eigenvalue weighted by molar-refractivity contribution is -0.189. The summed E-state index contributed by atoms with van der Waals surface area (Å²) in [5, 5.41) is 8.69. The molecule has 0 aliphatic carbocycles. The Labute approximate surface area is 95.8 Å². The van der Waals surface area contributed by atoms with Crippen molar-refractivity contribution in [3.8, 4) is 5.75 Å². The van der Waals surface area contributed by atoms with Gasteiger partial charge in [0.05, 0.1) is 5.56 Å². The highest BCUT2D eigenvalue weighted by atomic mass is 19.4. The van der Waals surface area contributed by atoms with E-state index < -0.39 is 18.2 Å². The Kier molecular flexibility index (Phi) is 3.65. The number of ether oxygens (including phenoxy) is 1. The van der Waals surface area contributed by atoms with E-state index in [0.717, 1.165) is 6.92 Å². The lowest BCUT2D eigenvalue weighted by Gasteiger charge is -2.19. The number of carboxylic acid groups (broad SMARTS) is 1. The van der Waals surface area contributed by atoms with Crippen molar-refractivity contribution in [3.63, 3.8) is 0 Å². The highest BCUT2D eigenvalue weighted by Crippen LogP contribution is 2.27. The maximum absolute atomic E-state index is 12.3. The summed E-state index contributed by atoms with van der Waals surface area (Å²) in [6.45, 7) is 2.38. The first-order valence-electron chi connectivity index (χ1n) is 4.79. The molecule has 0 heterocycles. The highest BCUT2D eigenvalue weighted by molar-refractivity contribution is 5.88. The number of hydrogen-bond donors (Lipinski definition) is 1. The van der Waals surface area contributed by atoms with Crippen molar-refractivity contribution < 1.29 is 27.8 Å². The zero-order chi connectivity index (χ0) is 13.2. The number of benzene rings is 1. The summed E-state index contributed by atoms with van der Waals surface area (Å²) >= 11 is 0. The second kappa shape index (κ2) is 4.65. The molecule has 94 valence electrons. The maximum Gasteiger partial charge on any atom is 0.425 e. The SMILES string of the molecule is Cc1cc(C(=O)O)ccc1OC(C)C(F)(F)F. The number of halogens is 3. The first-order chi connectivity index (χ1) is 7.71. The Balaban J connectivity index is 2.90. The van der Waals surface area contributed by atoms with E-state index in [2.05, 4.69) is 0 Å². The Bertz CT molecular complexity index is 426. The van der Waals surface area contributed by atoms with Crippen molar-refractivity contribution in [2.45, 2.75) is 26.1 Å². The fourth-order valence-corrected chi connectivity index (χ4v) is 1.17. The molecule has 6 heteroatoms. The fraction of sp³-hybridized carbons (Fsp3) is 0.364. The molecule has 17 heavy (non-hydrogen) atoms. The molecule has 1 N–H and O–H groups in total.